The molecule has 3 N–H and O–H groups in total. The maximum Gasteiger partial charge on any atom is 0.203 e. The van der Waals surface area contributed by atoms with Crippen molar-refractivity contribution in [3.63, 3.8) is 0 Å². The van der Waals surface area contributed by atoms with Gasteiger partial charge in [0.15, 0.2) is 0 Å². The molecule has 0 amide bonds. The Bertz CT molecular complexity index is 530. The van der Waals surface area contributed by atoms with E-state index in [1.165, 1.54) is 5.56 Å². The third-order valence-electron chi connectivity index (χ3n) is 3.33. The number of rotatable bonds is 1. The van der Waals surface area contributed by atoms with Crippen LogP contribution < -0.4 is 5.73 Å². The highest BCUT2D eigenvalue weighted by Crippen LogP contribution is 2.31. The maximum absolute atomic E-state index is 6.06. The summed E-state index contributed by atoms with van der Waals surface area (Å²) in [6, 6.07) is 0.0419. The second kappa shape index (κ2) is 3.52. The Morgan fingerprint density at radius 1 is 1.44 bits per heavy atom. The molecule has 5 nitrogen and oxygen atoms in total. The summed E-state index contributed by atoms with van der Waals surface area (Å²) in [5.74, 6) is 0. The van der Waals surface area contributed by atoms with E-state index in [0.717, 1.165) is 48.1 Å². The van der Waals surface area contributed by atoms with Crippen LogP contribution in [0.2, 0.25) is 0 Å². The molecule has 1 unspecified atom stereocenters. The topological polar surface area (TPSA) is 80.5 Å². The van der Waals surface area contributed by atoms with Crippen molar-refractivity contribution in [1.29, 1.82) is 0 Å². The Morgan fingerprint density at radius 3 is 3.12 bits per heavy atom. The minimum absolute atomic E-state index is 0.0419. The Kier molecular flexibility index (Phi) is 2.14. The summed E-state index contributed by atoms with van der Waals surface area (Å²) < 4.78 is 0. The molecule has 0 saturated heterocycles. The van der Waals surface area contributed by atoms with E-state index in [9.17, 15) is 0 Å². The number of fused-ring (bicyclic) bond motifs is 3. The molecule has 16 heavy (non-hydrogen) atoms. The van der Waals surface area contributed by atoms with Crippen LogP contribution >= 0.6 is 0 Å². The van der Waals surface area contributed by atoms with Gasteiger partial charge in [-0.05, 0) is 31.2 Å². The van der Waals surface area contributed by atoms with Gasteiger partial charge in [0, 0.05) is 17.1 Å². The second-order valence-electron chi connectivity index (χ2n) is 4.32. The fraction of sp³-hybridized carbons (Fsp3) is 0.545. The predicted molar refractivity (Wildman–Crippen MR) is 60.9 cm³/mol. The molecular formula is C11H15N5. The number of aryl methyl sites for hydroxylation is 2. The average molecular weight is 217 g/mol. The molecule has 0 radical (unpaired) electrons. The zero-order valence-electron chi connectivity index (χ0n) is 9.32. The van der Waals surface area contributed by atoms with Crippen molar-refractivity contribution >= 4 is 11.0 Å². The first kappa shape index (κ1) is 9.72. The summed E-state index contributed by atoms with van der Waals surface area (Å²) >= 11 is 0. The fourth-order valence-electron chi connectivity index (χ4n) is 2.49. The van der Waals surface area contributed by atoms with Crippen molar-refractivity contribution in [2.75, 3.05) is 0 Å². The van der Waals surface area contributed by atoms with E-state index >= 15 is 0 Å². The van der Waals surface area contributed by atoms with E-state index in [0.29, 0.717) is 0 Å². The lowest BCUT2D eigenvalue weighted by atomic mass is 9.90. The first-order chi connectivity index (χ1) is 7.81. The van der Waals surface area contributed by atoms with Crippen LogP contribution in [0.4, 0.5) is 0 Å². The van der Waals surface area contributed by atoms with Crippen LogP contribution in [0.1, 0.15) is 42.8 Å². The van der Waals surface area contributed by atoms with Gasteiger partial charge in [-0.2, -0.15) is 10.2 Å². The van der Waals surface area contributed by atoms with Crippen molar-refractivity contribution in [2.45, 2.75) is 38.6 Å². The standard InChI is InChI=1S/C11H15N5/c1-2-8-9-6-4-3-5-7(12)10(6)14-16-11(9)15-13-8/h7H,2-5,12H2,1H3,(H,13,15,16). The molecule has 2 aromatic heterocycles. The molecule has 84 valence electrons. The van der Waals surface area contributed by atoms with Crippen molar-refractivity contribution in [1.82, 2.24) is 20.4 Å². The molecule has 0 fully saturated rings. The lowest BCUT2D eigenvalue weighted by molar-refractivity contribution is 0.549. The van der Waals surface area contributed by atoms with Gasteiger partial charge < -0.3 is 5.73 Å². The number of hydrogen-bond donors (Lipinski definition) is 2. The summed E-state index contributed by atoms with van der Waals surface area (Å²) in [6.07, 6.45) is 4.11. The van der Waals surface area contributed by atoms with Gasteiger partial charge >= 0.3 is 0 Å². The van der Waals surface area contributed by atoms with Crippen LogP contribution in [0.15, 0.2) is 0 Å². The van der Waals surface area contributed by atoms with Gasteiger partial charge in [-0.1, -0.05) is 6.92 Å². The van der Waals surface area contributed by atoms with E-state index in [4.69, 9.17) is 5.73 Å². The quantitative estimate of drug-likeness (QED) is 0.753. The van der Waals surface area contributed by atoms with Crippen LogP contribution in [0.5, 0.6) is 0 Å². The highest BCUT2D eigenvalue weighted by Gasteiger charge is 2.23. The molecule has 0 bridgehead atoms. The molecule has 3 rings (SSSR count). The Labute approximate surface area is 93.4 Å². The van der Waals surface area contributed by atoms with E-state index < -0.39 is 0 Å². The minimum Gasteiger partial charge on any atom is -0.323 e. The minimum atomic E-state index is 0.0419. The van der Waals surface area contributed by atoms with Crippen LogP contribution in [0.25, 0.3) is 11.0 Å². The number of hydrogen-bond acceptors (Lipinski definition) is 4. The first-order valence-corrected chi connectivity index (χ1v) is 5.79. The van der Waals surface area contributed by atoms with Gasteiger partial charge in [-0.25, -0.2) is 0 Å². The zero-order valence-corrected chi connectivity index (χ0v) is 9.32. The van der Waals surface area contributed by atoms with E-state index in [-0.39, 0.29) is 6.04 Å². The van der Waals surface area contributed by atoms with Crippen LogP contribution in [-0.2, 0) is 12.8 Å². The molecular weight excluding hydrogens is 202 g/mol. The van der Waals surface area contributed by atoms with Crippen molar-refractivity contribution in [3.05, 3.63) is 17.0 Å². The van der Waals surface area contributed by atoms with Gasteiger partial charge in [0.1, 0.15) is 0 Å². The number of aromatic nitrogens is 4. The predicted octanol–water partition coefficient (Wildman–Crippen LogP) is 1.25. The van der Waals surface area contributed by atoms with Gasteiger partial charge in [0.05, 0.1) is 5.69 Å². The smallest absolute Gasteiger partial charge is 0.203 e. The number of nitrogens with one attached hydrogen (secondary N) is 1. The van der Waals surface area contributed by atoms with E-state index in [2.05, 4.69) is 27.3 Å². The molecule has 2 heterocycles. The summed E-state index contributed by atoms with van der Waals surface area (Å²) in [5, 5.41) is 16.7. The van der Waals surface area contributed by atoms with Gasteiger partial charge in [-0.15, -0.1) is 5.10 Å². The lowest BCUT2D eigenvalue weighted by Gasteiger charge is -2.20. The molecule has 1 aliphatic rings. The van der Waals surface area contributed by atoms with Crippen LogP contribution in [0.3, 0.4) is 0 Å². The van der Waals surface area contributed by atoms with Gasteiger partial charge in [0.2, 0.25) is 5.65 Å². The first-order valence-electron chi connectivity index (χ1n) is 5.79. The normalized spacial score (nSPS) is 20.0. The van der Waals surface area contributed by atoms with E-state index in [1.807, 2.05) is 0 Å². The summed E-state index contributed by atoms with van der Waals surface area (Å²) in [6.45, 7) is 2.11. The third-order valence-corrected chi connectivity index (χ3v) is 3.33. The number of nitrogens with zero attached hydrogens (tertiary/aromatic N) is 3. The van der Waals surface area contributed by atoms with Crippen molar-refractivity contribution in [3.8, 4) is 0 Å². The van der Waals surface area contributed by atoms with Crippen LogP contribution in [-0.4, -0.2) is 20.4 Å². The molecule has 1 atom stereocenters. The fourth-order valence-corrected chi connectivity index (χ4v) is 2.49. The van der Waals surface area contributed by atoms with Crippen molar-refractivity contribution in [2.24, 2.45) is 5.73 Å². The van der Waals surface area contributed by atoms with E-state index in [1.54, 1.807) is 0 Å². The highest BCUT2D eigenvalue weighted by atomic mass is 15.2. The monoisotopic (exact) mass is 217 g/mol. The second-order valence-corrected chi connectivity index (χ2v) is 4.32. The Morgan fingerprint density at radius 2 is 2.31 bits per heavy atom. The van der Waals surface area contributed by atoms with Crippen molar-refractivity contribution < 1.29 is 0 Å². The molecule has 0 aromatic carbocycles. The number of H-pyrrole nitrogens is 1. The molecule has 0 saturated carbocycles. The number of aromatic amines is 1. The lowest BCUT2D eigenvalue weighted by Crippen LogP contribution is -2.20. The maximum atomic E-state index is 6.06. The molecule has 0 aliphatic heterocycles. The Hall–Kier alpha value is -1.49. The molecule has 1 aliphatic carbocycles. The Balaban J connectivity index is 2.32. The summed E-state index contributed by atoms with van der Waals surface area (Å²) in [7, 11) is 0. The molecule has 5 heteroatoms. The molecule has 2 aromatic rings. The van der Waals surface area contributed by atoms with Gasteiger partial charge in [-0.3, -0.25) is 5.10 Å². The zero-order chi connectivity index (χ0) is 11.1. The largest absolute Gasteiger partial charge is 0.323 e. The molecule has 0 spiro atoms. The SMILES string of the molecule is CCc1[nH]nc2nnc3c(c12)CCCC3N. The summed E-state index contributed by atoms with van der Waals surface area (Å²) in [4.78, 5) is 0. The third kappa shape index (κ3) is 1.24. The highest BCUT2D eigenvalue weighted by molar-refractivity contribution is 5.82. The van der Waals surface area contributed by atoms with Crippen LogP contribution in [0, 0.1) is 0 Å². The van der Waals surface area contributed by atoms with Gasteiger partial charge in [0.25, 0.3) is 0 Å². The average Bonchev–Trinajstić information content (AvgIpc) is 2.72. The summed E-state index contributed by atoms with van der Waals surface area (Å²) in [5.41, 5.74) is 10.2. The number of nitrogens with two attached hydrogens (primary N) is 1.